The van der Waals surface area contributed by atoms with Crippen LogP contribution >= 0.6 is 11.8 Å². The Hall–Kier alpha value is -1.53. The number of aliphatic carboxylic acids is 1. The van der Waals surface area contributed by atoms with Gasteiger partial charge in [-0.2, -0.15) is 0 Å². The number of carbonyl (C=O) groups excluding carboxylic acids is 1. The molecule has 1 amide bonds. The highest BCUT2D eigenvalue weighted by molar-refractivity contribution is 7.99. The fourth-order valence-electron chi connectivity index (χ4n) is 2.34. The lowest BCUT2D eigenvalue weighted by atomic mass is 10.00. The molecule has 0 bridgehead atoms. The van der Waals surface area contributed by atoms with Crippen molar-refractivity contribution >= 4 is 23.6 Å². The molecular formula is C15H20N2O3S. The van der Waals surface area contributed by atoms with E-state index in [0.717, 1.165) is 10.5 Å². The number of amides is 1. The average molecular weight is 308 g/mol. The van der Waals surface area contributed by atoms with Gasteiger partial charge in [0.2, 0.25) is 5.91 Å². The molecule has 1 N–H and O–H groups in total. The van der Waals surface area contributed by atoms with Gasteiger partial charge in [-0.25, -0.2) is 0 Å². The maximum Gasteiger partial charge on any atom is 0.323 e. The Bertz CT molecular complexity index is 533. The molecule has 1 aliphatic heterocycles. The zero-order valence-corrected chi connectivity index (χ0v) is 13.1. The summed E-state index contributed by atoms with van der Waals surface area (Å²) in [5.41, 5.74) is 1.02. The lowest BCUT2D eigenvalue weighted by molar-refractivity contribution is -0.145. The van der Waals surface area contributed by atoms with Gasteiger partial charge in [-0.1, -0.05) is 18.2 Å². The first-order chi connectivity index (χ1) is 9.99. The molecule has 1 aromatic rings. The van der Waals surface area contributed by atoms with Crippen LogP contribution in [0.3, 0.4) is 0 Å². The first kappa shape index (κ1) is 15.9. The smallest absolute Gasteiger partial charge is 0.323 e. The van der Waals surface area contributed by atoms with E-state index in [1.54, 1.807) is 11.8 Å². The Kier molecular flexibility index (Phi) is 5.25. The molecule has 1 atom stereocenters. The van der Waals surface area contributed by atoms with E-state index in [2.05, 4.69) is 0 Å². The van der Waals surface area contributed by atoms with Crippen LogP contribution in [0, 0.1) is 0 Å². The normalized spacial score (nSPS) is 16.8. The summed E-state index contributed by atoms with van der Waals surface area (Å²) in [7, 11) is 3.81. The van der Waals surface area contributed by atoms with Gasteiger partial charge < -0.3 is 14.9 Å². The molecule has 21 heavy (non-hydrogen) atoms. The number of fused-ring (bicyclic) bond motifs is 1. The molecule has 0 radical (unpaired) electrons. The maximum absolute atomic E-state index is 12.7. The molecule has 6 heteroatoms. The van der Waals surface area contributed by atoms with Crippen molar-refractivity contribution in [2.24, 2.45) is 0 Å². The number of nitrogens with zero attached hydrogens (tertiary/aromatic N) is 2. The summed E-state index contributed by atoms with van der Waals surface area (Å²) in [5.74, 6) is -0.596. The largest absolute Gasteiger partial charge is 0.480 e. The van der Waals surface area contributed by atoms with E-state index >= 15 is 0 Å². The molecule has 0 aliphatic carbocycles. The van der Waals surface area contributed by atoms with Crippen LogP contribution in [-0.2, 0) is 9.59 Å². The summed E-state index contributed by atoms with van der Waals surface area (Å²) in [6.45, 7) is 0.845. The van der Waals surface area contributed by atoms with Crippen molar-refractivity contribution in [2.45, 2.75) is 10.8 Å². The third kappa shape index (κ3) is 3.98. The quantitative estimate of drug-likeness (QED) is 0.859. The number of rotatable bonds is 6. The van der Waals surface area contributed by atoms with Crippen LogP contribution < -0.4 is 0 Å². The van der Waals surface area contributed by atoms with Crippen LogP contribution in [0.25, 0.3) is 0 Å². The van der Waals surface area contributed by atoms with Crippen molar-refractivity contribution in [3.8, 4) is 0 Å². The summed E-state index contributed by atoms with van der Waals surface area (Å²) in [4.78, 5) is 28.2. The predicted octanol–water partition coefficient (Wildman–Crippen LogP) is 1.35. The minimum absolute atomic E-state index is 0.0864. The zero-order valence-electron chi connectivity index (χ0n) is 12.3. The van der Waals surface area contributed by atoms with Crippen LogP contribution in [-0.4, -0.2) is 66.3 Å². The molecule has 0 unspecified atom stereocenters. The van der Waals surface area contributed by atoms with Crippen molar-refractivity contribution < 1.29 is 14.7 Å². The van der Waals surface area contributed by atoms with Crippen LogP contribution in [0.2, 0.25) is 0 Å². The van der Waals surface area contributed by atoms with E-state index in [1.165, 1.54) is 4.90 Å². The minimum Gasteiger partial charge on any atom is -0.480 e. The highest BCUT2D eigenvalue weighted by atomic mass is 32.2. The van der Waals surface area contributed by atoms with Crippen LogP contribution in [0.4, 0.5) is 0 Å². The van der Waals surface area contributed by atoms with Crippen LogP contribution in [0.5, 0.6) is 0 Å². The highest BCUT2D eigenvalue weighted by Crippen LogP contribution is 2.40. The fraction of sp³-hybridized carbons (Fsp3) is 0.467. The Morgan fingerprint density at radius 1 is 1.29 bits per heavy atom. The minimum atomic E-state index is -0.971. The molecule has 5 nitrogen and oxygen atoms in total. The first-order valence-corrected chi connectivity index (χ1v) is 7.84. The van der Waals surface area contributed by atoms with Gasteiger partial charge >= 0.3 is 5.97 Å². The van der Waals surface area contributed by atoms with E-state index < -0.39 is 5.97 Å². The third-order valence-corrected chi connectivity index (χ3v) is 4.64. The van der Waals surface area contributed by atoms with Gasteiger partial charge in [-0.15, -0.1) is 11.8 Å². The van der Waals surface area contributed by atoms with Gasteiger partial charge in [-0.3, -0.25) is 9.59 Å². The molecule has 114 valence electrons. The summed E-state index contributed by atoms with van der Waals surface area (Å²) >= 11 is 1.66. The van der Waals surface area contributed by atoms with Crippen molar-refractivity contribution in [3.05, 3.63) is 29.8 Å². The summed E-state index contributed by atoms with van der Waals surface area (Å²) in [6, 6.07) is 7.85. The van der Waals surface area contributed by atoms with Gasteiger partial charge in [0.1, 0.15) is 6.54 Å². The van der Waals surface area contributed by atoms with Crippen LogP contribution in [0.1, 0.15) is 11.5 Å². The predicted molar refractivity (Wildman–Crippen MR) is 82.7 cm³/mol. The zero-order chi connectivity index (χ0) is 15.4. The molecule has 1 aliphatic rings. The monoisotopic (exact) mass is 308 g/mol. The van der Waals surface area contributed by atoms with Crippen molar-refractivity contribution in [1.82, 2.24) is 9.80 Å². The van der Waals surface area contributed by atoms with Gasteiger partial charge in [0, 0.05) is 23.7 Å². The molecule has 0 fully saturated rings. The number of carbonyl (C=O) groups is 2. The van der Waals surface area contributed by atoms with E-state index in [1.807, 2.05) is 43.3 Å². The molecule has 1 heterocycles. The molecular weight excluding hydrogens is 288 g/mol. The van der Waals surface area contributed by atoms with Crippen molar-refractivity contribution in [2.75, 3.05) is 39.5 Å². The highest BCUT2D eigenvalue weighted by Gasteiger charge is 2.32. The van der Waals surface area contributed by atoms with Crippen LogP contribution in [0.15, 0.2) is 29.2 Å². The fourth-order valence-corrected chi connectivity index (χ4v) is 3.56. The standard InChI is InChI=1S/C15H20N2O3S/c1-16(2)7-8-17(9-14(18)19)15(20)12-10-21-13-6-4-3-5-11(12)13/h3-6,12H,7-10H2,1-2H3,(H,18,19)/t12-/m1/s1. The number of benzene rings is 1. The Balaban J connectivity index is 2.13. The third-order valence-electron chi connectivity index (χ3n) is 3.45. The average Bonchev–Trinajstić information content (AvgIpc) is 2.86. The lowest BCUT2D eigenvalue weighted by Gasteiger charge is -2.25. The number of carboxylic acids is 1. The Labute approximate surface area is 128 Å². The topological polar surface area (TPSA) is 60.9 Å². The summed E-state index contributed by atoms with van der Waals surface area (Å²) in [5, 5.41) is 9.02. The second kappa shape index (κ2) is 6.95. The second-order valence-corrected chi connectivity index (χ2v) is 6.42. The van der Waals surface area contributed by atoms with Gasteiger partial charge in [0.15, 0.2) is 0 Å². The molecule has 0 aromatic heterocycles. The first-order valence-electron chi connectivity index (χ1n) is 6.86. The number of likely N-dealkylation sites (N-methyl/N-ethyl adjacent to an activating group) is 1. The summed E-state index contributed by atoms with van der Waals surface area (Å²) < 4.78 is 0. The van der Waals surface area contributed by atoms with E-state index in [4.69, 9.17) is 5.11 Å². The Morgan fingerprint density at radius 2 is 2.00 bits per heavy atom. The van der Waals surface area contributed by atoms with E-state index in [9.17, 15) is 9.59 Å². The molecule has 0 saturated heterocycles. The van der Waals surface area contributed by atoms with Crippen molar-refractivity contribution in [1.29, 1.82) is 0 Å². The lowest BCUT2D eigenvalue weighted by Crippen LogP contribution is -2.42. The molecule has 0 saturated carbocycles. The van der Waals surface area contributed by atoms with Gasteiger partial charge in [0.25, 0.3) is 0 Å². The van der Waals surface area contributed by atoms with Gasteiger partial charge in [-0.05, 0) is 25.7 Å². The number of thioether (sulfide) groups is 1. The number of hydrogen-bond donors (Lipinski definition) is 1. The van der Waals surface area contributed by atoms with E-state index in [-0.39, 0.29) is 18.4 Å². The maximum atomic E-state index is 12.7. The number of hydrogen-bond acceptors (Lipinski definition) is 4. The Morgan fingerprint density at radius 3 is 2.67 bits per heavy atom. The summed E-state index contributed by atoms with van der Waals surface area (Å²) in [6.07, 6.45) is 0. The molecule has 1 aromatic carbocycles. The molecule has 0 spiro atoms. The SMILES string of the molecule is CN(C)CCN(CC(=O)O)C(=O)[C@@H]1CSc2ccccc21. The van der Waals surface area contributed by atoms with Gasteiger partial charge in [0.05, 0.1) is 5.92 Å². The number of carboxylic acid groups (broad SMARTS) is 1. The second-order valence-electron chi connectivity index (χ2n) is 5.36. The van der Waals surface area contributed by atoms with Crippen molar-refractivity contribution in [3.63, 3.8) is 0 Å². The van der Waals surface area contributed by atoms with E-state index in [0.29, 0.717) is 18.8 Å². The molecule has 2 rings (SSSR count).